The van der Waals surface area contributed by atoms with Crippen molar-refractivity contribution in [2.75, 3.05) is 0 Å². The lowest BCUT2D eigenvalue weighted by Gasteiger charge is -2.15. The summed E-state index contributed by atoms with van der Waals surface area (Å²) in [5, 5.41) is 29.4. The minimum atomic E-state index is -0.536. The van der Waals surface area contributed by atoms with Crippen LogP contribution in [0.1, 0.15) is 24.7 Å². The molecule has 30 heavy (non-hydrogen) atoms. The van der Waals surface area contributed by atoms with Crippen LogP contribution in [0, 0.1) is 10.1 Å². The van der Waals surface area contributed by atoms with Gasteiger partial charge in [-0.05, 0) is 35.6 Å². The second-order valence-electron chi connectivity index (χ2n) is 6.77. The molecule has 0 N–H and O–H groups in total. The molecular formula is C22H17N4O4-. The fraction of sp³-hybridized carbons (Fsp3) is 0.136. The molecule has 0 spiro atoms. The Bertz CT molecular complexity index is 1380. The van der Waals surface area contributed by atoms with E-state index in [0.717, 1.165) is 11.1 Å². The van der Waals surface area contributed by atoms with E-state index in [4.69, 9.17) is 0 Å². The average Bonchev–Trinajstić information content (AvgIpc) is 2.75. The van der Waals surface area contributed by atoms with E-state index in [2.05, 4.69) is 10.1 Å². The van der Waals surface area contributed by atoms with Gasteiger partial charge in [0.15, 0.2) is 0 Å². The highest BCUT2D eigenvalue weighted by atomic mass is 16.6. The average molecular weight is 401 g/mol. The van der Waals surface area contributed by atoms with E-state index < -0.39 is 10.7 Å². The molecule has 0 aliphatic heterocycles. The number of hydrogen-bond acceptors (Lipinski definition) is 6. The van der Waals surface area contributed by atoms with E-state index in [9.17, 15) is 20.0 Å². The summed E-state index contributed by atoms with van der Waals surface area (Å²) in [6.45, 7) is 1.96. The van der Waals surface area contributed by atoms with Crippen molar-refractivity contribution >= 4 is 33.6 Å². The lowest BCUT2D eigenvalue weighted by Crippen LogP contribution is -2.22. The smallest absolute Gasteiger partial charge is 0.282 e. The Hall–Kier alpha value is -4.07. The van der Waals surface area contributed by atoms with Crippen LogP contribution in [0.25, 0.3) is 21.7 Å². The molecule has 0 unspecified atom stereocenters. The highest BCUT2D eigenvalue weighted by molar-refractivity contribution is 6.01. The molecule has 1 heterocycles. The number of nitro groups is 1. The molecule has 0 radical (unpaired) electrons. The van der Waals surface area contributed by atoms with Gasteiger partial charge in [-0.3, -0.25) is 14.9 Å². The molecule has 4 aromatic rings. The van der Waals surface area contributed by atoms with Crippen LogP contribution in [0.4, 0.5) is 5.69 Å². The molecule has 0 bridgehead atoms. The lowest BCUT2D eigenvalue weighted by atomic mass is 10.0. The van der Waals surface area contributed by atoms with E-state index in [0.29, 0.717) is 23.1 Å². The van der Waals surface area contributed by atoms with Crippen LogP contribution in [0.5, 0.6) is 5.75 Å². The van der Waals surface area contributed by atoms with E-state index >= 15 is 0 Å². The fourth-order valence-electron chi connectivity index (χ4n) is 3.39. The molecule has 8 heteroatoms. The van der Waals surface area contributed by atoms with Gasteiger partial charge >= 0.3 is 0 Å². The predicted molar refractivity (Wildman–Crippen MR) is 113 cm³/mol. The van der Waals surface area contributed by atoms with Crippen LogP contribution in [-0.2, 0) is 6.42 Å². The van der Waals surface area contributed by atoms with Crippen molar-refractivity contribution < 1.29 is 10.0 Å². The third-order valence-corrected chi connectivity index (χ3v) is 4.81. The van der Waals surface area contributed by atoms with Crippen molar-refractivity contribution in [1.82, 2.24) is 9.66 Å². The minimum absolute atomic E-state index is 0.0305. The predicted octanol–water partition coefficient (Wildman–Crippen LogP) is 3.37. The number of nitro benzene ring substituents is 1. The summed E-state index contributed by atoms with van der Waals surface area (Å²) in [5.41, 5.74) is 0.0543. The Morgan fingerprint density at radius 1 is 1.10 bits per heavy atom. The first-order chi connectivity index (χ1) is 14.5. The first kappa shape index (κ1) is 19.3. The molecule has 0 saturated carbocycles. The van der Waals surface area contributed by atoms with Crippen molar-refractivity contribution in [3.63, 3.8) is 0 Å². The maximum atomic E-state index is 12.9. The number of non-ortho nitro benzene ring substituents is 1. The summed E-state index contributed by atoms with van der Waals surface area (Å²) in [5.74, 6) is 0.0685. The number of benzene rings is 3. The van der Waals surface area contributed by atoms with Gasteiger partial charge in [-0.25, -0.2) is 4.98 Å². The van der Waals surface area contributed by atoms with Gasteiger partial charge < -0.3 is 5.11 Å². The van der Waals surface area contributed by atoms with Gasteiger partial charge in [0.25, 0.3) is 11.2 Å². The first-order valence-corrected chi connectivity index (χ1v) is 9.43. The zero-order chi connectivity index (χ0) is 21.3. The van der Waals surface area contributed by atoms with Crippen LogP contribution < -0.4 is 10.7 Å². The van der Waals surface area contributed by atoms with Crippen molar-refractivity contribution in [1.29, 1.82) is 0 Å². The quantitative estimate of drug-likeness (QED) is 0.289. The van der Waals surface area contributed by atoms with Gasteiger partial charge in [0.05, 0.1) is 27.4 Å². The maximum absolute atomic E-state index is 12.9. The molecule has 0 saturated heterocycles. The van der Waals surface area contributed by atoms with Crippen molar-refractivity contribution in [2.24, 2.45) is 5.10 Å². The highest BCUT2D eigenvalue weighted by Gasteiger charge is 2.15. The summed E-state index contributed by atoms with van der Waals surface area (Å²) >= 11 is 0. The largest absolute Gasteiger partial charge is 0.872 e. The van der Waals surface area contributed by atoms with E-state index in [1.165, 1.54) is 24.4 Å². The monoisotopic (exact) mass is 401 g/mol. The molecule has 3 aromatic carbocycles. The van der Waals surface area contributed by atoms with Gasteiger partial charge in [-0.15, -0.1) is 0 Å². The van der Waals surface area contributed by atoms with Crippen LogP contribution in [-0.4, -0.2) is 20.8 Å². The zero-order valence-corrected chi connectivity index (χ0v) is 16.1. The van der Waals surface area contributed by atoms with Crippen LogP contribution in [0.2, 0.25) is 0 Å². The topological polar surface area (TPSA) is 113 Å². The molecule has 0 aliphatic carbocycles. The van der Waals surface area contributed by atoms with Crippen molar-refractivity contribution in [3.05, 3.63) is 86.5 Å². The SMILES string of the molecule is CCCc1nc2ccccc2c(=O)n1/N=C\c1cc([N+](=O)[O-])c2ccccc2c1[O-]. The highest BCUT2D eigenvalue weighted by Crippen LogP contribution is 2.33. The van der Waals surface area contributed by atoms with Crippen molar-refractivity contribution in [2.45, 2.75) is 19.8 Å². The summed E-state index contributed by atoms with van der Waals surface area (Å²) in [6, 6.07) is 14.5. The van der Waals surface area contributed by atoms with E-state index in [1.807, 2.05) is 6.92 Å². The number of fused-ring (bicyclic) bond motifs is 2. The number of nitrogens with zero attached hydrogens (tertiary/aromatic N) is 4. The Balaban J connectivity index is 1.91. The summed E-state index contributed by atoms with van der Waals surface area (Å²) in [7, 11) is 0. The van der Waals surface area contributed by atoms with Crippen molar-refractivity contribution in [3.8, 4) is 5.75 Å². The third-order valence-electron chi connectivity index (χ3n) is 4.81. The molecule has 4 rings (SSSR count). The van der Waals surface area contributed by atoms with E-state index in [-0.39, 0.29) is 27.6 Å². The van der Waals surface area contributed by atoms with Gasteiger partial charge in [0.2, 0.25) is 0 Å². The Labute approximate surface area is 170 Å². The minimum Gasteiger partial charge on any atom is -0.872 e. The maximum Gasteiger partial charge on any atom is 0.282 e. The van der Waals surface area contributed by atoms with Gasteiger partial charge in [-0.1, -0.05) is 43.0 Å². The summed E-state index contributed by atoms with van der Waals surface area (Å²) in [6.07, 6.45) is 2.45. The molecular weight excluding hydrogens is 384 g/mol. The molecule has 1 aromatic heterocycles. The van der Waals surface area contributed by atoms with Crippen LogP contribution in [0.3, 0.4) is 0 Å². The molecule has 0 atom stereocenters. The first-order valence-electron chi connectivity index (χ1n) is 9.43. The summed E-state index contributed by atoms with van der Waals surface area (Å²) < 4.78 is 1.16. The number of hydrogen-bond donors (Lipinski definition) is 0. The third kappa shape index (κ3) is 3.28. The fourth-order valence-corrected chi connectivity index (χ4v) is 3.39. The van der Waals surface area contributed by atoms with Crippen LogP contribution in [0.15, 0.2) is 64.5 Å². The lowest BCUT2D eigenvalue weighted by molar-refractivity contribution is -0.383. The Morgan fingerprint density at radius 3 is 2.47 bits per heavy atom. The number of para-hydroxylation sites is 1. The molecule has 150 valence electrons. The second-order valence-corrected chi connectivity index (χ2v) is 6.77. The van der Waals surface area contributed by atoms with E-state index in [1.54, 1.807) is 36.4 Å². The summed E-state index contributed by atoms with van der Waals surface area (Å²) in [4.78, 5) is 28.4. The molecule has 8 nitrogen and oxygen atoms in total. The zero-order valence-electron chi connectivity index (χ0n) is 16.1. The molecule has 0 fully saturated rings. The standard InChI is InChI=1S/C22H18N4O4/c1-2-7-20-24-18-11-6-5-10-17(18)22(28)25(20)23-13-14-12-19(26(29)30)15-8-3-4-9-16(15)21(14)27/h3-6,8-13,27H,2,7H2,1H3/p-1/b23-13-. The molecule has 0 amide bonds. The molecule has 0 aliphatic rings. The normalized spacial score (nSPS) is 11.5. The number of aryl methyl sites for hydroxylation is 1. The van der Waals surface area contributed by atoms with Crippen LogP contribution >= 0.6 is 0 Å². The van der Waals surface area contributed by atoms with Gasteiger partial charge in [-0.2, -0.15) is 9.78 Å². The Morgan fingerprint density at radius 2 is 1.77 bits per heavy atom. The Kier molecular flexibility index (Phi) is 4.97. The number of rotatable bonds is 5. The second kappa shape index (κ2) is 7.75. The number of aromatic nitrogens is 2. The van der Waals surface area contributed by atoms with Gasteiger partial charge in [0, 0.05) is 12.5 Å². The van der Waals surface area contributed by atoms with Gasteiger partial charge in [0.1, 0.15) is 5.82 Å².